The predicted molar refractivity (Wildman–Crippen MR) is 211 cm³/mol. The number of aromatic nitrogens is 3. The summed E-state index contributed by atoms with van der Waals surface area (Å²) in [4.78, 5) is 9.59. The fourth-order valence-corrected chi connectivity index (χ4v) is 9.24. The zero-order valence-corrected chi connectivity index (χ0v) is 34.4. The minimum absolute atomic E-state index is 0. The first-order chi connectivity index (χ1) is 24.8. The SMILES string of the molecule is [2H]C([2H])(c1cc(-c2[c-]cccc2)nc[c]1[Ge]([CH3])([CH3])[CH3])C(C)(C)C.[Ir].[c-]1ccc2c(oc3ccccc32)c1-c1nc2ccccc2n1Cc1ccccc1. The third kappa shape index (κ3) is 8.12. The number of nitrogens with zero attached hydrogens (tertiary/aromatic N) is 3. The molecule has 0 unspecified atom stereocenters. The summed E-state index contributed by atoms with van der Waals surface area (Å²) in [6, 6.07) is 47.1. The number of fused-ring (bicyclic) bond motifs is 4. The third-order valence-corrected chi connectivity index (χ3v) is 12.8. The summed E-state index contributed by atoms with van der Waals surface area (Å²) in [6.45, 7) is 6.62. The van der Waals surface area contributed by atoms with Crippen molar-refractivity contribution in [3.63, 3.8) is 0 Å². The number of hydrogen-bond donors (Lipinski definition) is 0. The number of benzene rings is 5. The Morgan fingerprint density at radius 1 is 0.804 bits per heavy atom. The summed E-state index contributed by atoms with van der Waals surface area (Å²) >= 11 is -2.24. The molecule has 0 saturated heterocycles. The van der Waals surface area contributed by atoms with Crippen molar-refractivity contribution in [2.45, 2.75) is 51.0 Å². The van der Waals surface area contributed by atoms with Crippen LogP contribution in [0.3, 0.4) is 0 Å². The van der Waals surface area contributed by atoms with Crippen molar-refractivity contribution in [2.75, 3.05) is 0 Å². The van der Waals surface area contributed by atoms with Crippen LogP contribution in [0.2, 0.25) is 17.3 Å². The van der Waals surface area contributed by atoms with E-state index in [1.807, 2.05) is 93.7 Å². The summed E-state index contributed by atoms with van der Waals surface area (Å²) in [7, 11) is 0. The average molecular weight is 909 g/mol. The van der Waals surface area contributed by atoms with Crippen LogP contribution in [-0.4, -0.2) is 27.8 Å². The van der Waals surface area contributed by atoms with Gasteiger partial charge in [0.15, 0.2) is 0 Å². The van der Waals surface area contributed by atoms with E-state index < -0.39 is 25.1 Å². The normalized spacial score (nSPS) is 12.6. The minimum Gasteiger partial charge on any atom is -0.501 e. The molecule has 8 aromatic rings. The van der Waals surface area contributed by atoms with Gasteiger partial charge in [-0.15, -0.1) is 18.2 Å². The maximum absolute atomic E-state index is 8.76. The molecule has 0 atom stereocenters. The van der Waals surface area contributed by atoms with E-state index in [-0.39, 0.29) is 20.1 Å². The van der Waals surface area contributed by atoms with Crippen molar-refractivity contribution in [1.29, 1.82) is 0 Å². The maximum Gasteiger partial charge on any atom is 0.120 e. The maximum atomic E-state index is 8.76. The molecule has 259 valence electrons. The summed E-state index contributed by atoms with van der Waals surface area (Å²) < 4.78 is 27.2. The topological polar surface area (TPSA) is 43.9 Å². The largest absolute Gasteiger partial charge is 0.501 e. The van der Waals surface area contributed by atoms with Crippen molar-refractivity contribution < 1.29 is 27.3 Å². The number of pyridine rings is 1. The zero-order valence-electron chi connectivity index (χ0n) is 31.9. The van der Waals surface area contributed by atoms with Crippen LogP contribution in [0.25, 0.3) is 55.6 Å². The fraction of sp³-hybridized carbons (Fsp3) is 0.200. The first kappa shape index (κ1) is 33.8. The van der Waals surface area contributed by atoms with Gasteiger partial charge < -0.3 is 8.98 Å². The zero-order chi connectivity index (χ0) is 36.7. The monoisotopic (exact) mass is 910 g/mol. The van der Waals surface area contributed by atoms with Crippen molar-refractivity contribution in [3.05, 3.63) is 151 Å². The molecule has 0 spiro atoms. The summed E-state index contributed by atoms with van der Waals surface area (Å²) in [5, 5.41) is 2.20. The van der Waals surface area contributed by atoms with Crippen LogP contribution >= 0.6 is 0 Å². The van der Waals surface area contributed by atoms with E-state index >= 15 is 0 Å². The Balaban J connectivity index is 0.000000184. The molecule has 0 N–H and O–H groups in total. The van der Waals surface area contributed by atoms with Crippen molar-refractivity contribution in [2.24, 2.45) is 5.41 Å². The Morgan fingerprint density at radius 2 is 1.53 bits per heavy atom. The molecule has 0 bridgehead atoms. The van der Waals surface area contributed by atoms with Gasteiger partial charge in [0.05, 0.1) is 22.4 Å². The van der Waals surface area contributed by atoms with Gasteiger partial charge in [0.1, 0.15) is 5.58 Å². The van der Waals surface area contributed by atoms with Crippen molar-refractivity contribution in [1.82, 2.24) is 14.5 Å². The molecule has 4 nitrogen and oxygen atoms in total. The number of para-hydroxylation sites is 3. The molecule has 0 aliphatic carbocycles. The van der Waals surface area contributed by atoms with E-state index in [9.17, 15) is 0 Å². The molecular weight excluding hydrogens is 863 g/mol. The molecule has 0 amide bonds. The standard InChI is InChI=1S/C26H17N2O.C19H26GeN.Ir/c1-2-9-18(10-3-1)17-28-23-15-6-5-14-22(23)27-26(28)21-13-8-12-20-19-11-4-7-16-24(19)29-25(20)21;1-19(2,3)13-16-12-18(15-10-8-7-9-11-15)21-14-17(16)20(4,5)6;/h1-12,14-16H,17H2;7-10,12,14H,13H2,1-6H3;/q2*-1;/i;13D2;. The number of imidazole rings is 1. The second-order valence-corrected chi connectivity index (χ2v) is 25.3. The van der Waals surface area contributed by atoms with E-state index in [0.717, 1.165) is 72.1 Å². The number of furan rings is 1. The van der Waals surface area contributed by atoms with E-state index in [2.05, 4.69) is 93.5 Å². The molecule has 0 aliphatic rings. The van der Waals surface area contributed by atoms with Gasteiger partial charge >= 0.3 is 135 Å². The number of hydrogen-bond acceptors (Lipinski definition) is 3. The second kappa shape index (κ2) is 15.1. The van der Waals surface area contributed by atoms with Gasteiger partial charge in [-0.3, -0.25) is 4.98 Å². The molecular formula is C45H43GeIrN3O-2. The minimum atomic E-state index is -2.24. The molecule has 51 heavy (non-hydrogen) atoms. The quantitative estimate of drug-likeness (QED) is 0.123. The Labute approximate surface area is 320 Å². The van der Waals surface area contributed by atoms with Crippen LogP contribution in [0.1, 0.15) is 34.6 Å². The Hall–Kier alpha value is -4.29. The van der Waals surface area contributed by atoms with E-state index in [1.54, 1.807) is 0 Å². The average Bonchev–Trinajstić information content (AvgIpc) is 3.70. The number of rotatable bonds is 6. The first-order valence-corrected chi connectivity index (χ1v) is 24.5. The Kier molecular flexibility index (Phi) is 10.0. The van der Waals surface area contributed by atoms with Crippen LogP contribution in [-0.2, 0) is 33.0 Å². The molecule has 6 heteroatoms. The van der Waals surface area contributed by atoms with Gasteiger partial charge in [-0.25, -0.2) is 0 Å². The van der Waals surface area contributed by atoms with Crippen LogP contribution < -0.4 is 4.40 Å². The van der Waals surface area contributed by atoms with E-state index in [0.29, 0.717) is 0 Å². The van der Waals surface area contributed by atoms with Gasteiger partial charge in [0, 0.05) is 32.0 Å². The Morgan fingerprint density at radius 3 is 2.27 bits per heavy atom. The molecule has 3 aromatic heterocycles. The van der Waals surface area contributed by atoms with Gasteiger partial charge in [0.25, 0.3) is 0 Å². The second-order valence-electron chi connectivity index (χ2n) is 14.7. The predicted octanol–water partition coefficient (Wildman–Crippen LogP) is 11.1. The molecule has 3 heterocycles. The van der Waals surface area contributed by atoms with Crippen molar-refractivity contribution >= 4 is 50.6 Å². The summed E-state index contributed by atoms with van der Waals surface area (Å²) in [5.74, 6) is 7.73. The third-order valence-electron chi connectivity index (χ3n) is 8.61. The fourth-order valence-electron chi connectivity index (χ4n) is 6.31. The van der Waals surface area contributed by atoms with Crippen LogP contribution in [0.4, 0.5) is 0 Å². The van der Waals surface area contributed by atoms with Crippen LogP contribution in [0.15, 0.2) is 132 Å². The molecule has 5 aromatic carbocycles. The van der Waals surface area contributed by atoms with Gasteiger partial charge in [-0.05, 0) is 23.8 Å². The van der Waals surface area contributed by atoms with E-state index in [1.165, 1.54) is 5.56 Å². The first-order valence-electron chi connectivity index (χ1n) is 18.1. The Bertz CT molecular complexity index is 2500. The van der Waals surface area contributed by atoms with Crippen LogP contribution in [0.5, 0.6) is 0 Å². The summed E-state index contributed by atoms with van der Waals surface area (Å²) in [6.07, 6.45) is 0.502. The molecule has 0 fully saturated rings. The van der Waals surface area contributed by atoms with Gasteiger partial charge in [0.2, 0.25) is 0 Å². The molecule has 8 rings (SSSR count). The smallest absolute Gasteiger partial charge is 0.120 e. The van der Waals surface area contributed by atoms with E-state index in [4.69, 9.17) is 12.1 Å². The summed E-state index contributed by atoms with van der Waals surface area (Å²) in [5.41, 5.74) is 7.95. The van der Waals surface area contributed by atoms with Gasteiger partial charge in [-0.1, -0.05) is 71.6 Å². The van der Waals surface area contributed by atoms with Crippen LogP contribution in [0, 0.1) is 17.5 Å². The van der Waals surface area contributed by atoms with Gasteiger partial charge in [-0.2, -0.15) is 0 Å². The molecule has 1 radical (unpaired) electrons. The molecule has 0 aliphatic heterocycles. The molecule has 0 saturated carbocycles. The van der Waals surface area contributed by atoms with Crippen molar-refractivity contribution in [3.8, 4) is 22.6 Å².